The molecular weight excluding hydrogens is 336 g/mol. The van der Waals surface area contributed by atoms with Gasteiger partial charge >= 0.3 is 5.97 Å². The highest BCUT2D eigenvalue weighted by atomic mass is 79.9. The van der Waals surface area contributed by atoms with Gasteiger partial charge in [0.05, 0.1) is 5.41 Å². The second kappa shape index (κ2) is 6.56. The van der Waals surface area contributed by atoms with Crippen LogP contribution in [0.3, 0.4) is 0 Å². The standard InChI is InChI=1S/C15H19BrN2O3/c1-2-7-15(14(20)21)8-4-9-18(10-15)13(19)11-5-3-6-12(16)17-11/h3,5-6H,2,4,7-10H2,1H3,(H,20,21). The Hall–Kier alpha value is -1.43. The zero-order valence-electron chi connectivity index (χ0n) is 12.0. The van der Waals surface area contributed by atoms with Crippen molar-refractivity contribution >= 4 is 27.8 Å². The maximum Gasteiger partial charge on any atom is 0.311 e. The van der Waals surface area contributed by atoms with Crippen molar-refractivity contribution in [1.29, 1.82) is 0 Å². The molecule has 1 fully saturated rings. The molecule has 0 radical (unpaired) electrons. The highest BCUT2D eigenvalue weighted by molar-refractivity contribution is 9.10. The number of likely N-dealkylation sites (tertiary alicyclic amines) is 1. The van der Waals surface area contributed by atoms with Crippen LogP contribution in [0.4, 0.5) is 0 Å². The fourth-order valence-electron chi connectivity index (χ4n) is 2.96. The Morgan fingerprint density at radius 3 is 2.86 bits per heavy atom. The second-order valence-electron chi connectivity index (χ2n) is 5.51. The lowest BCUT2D eigenvalue weighted by atomic mass is 9.76. The molecule has 1 aliphatic heterocycles. The highest BCUT2D eigenvalue weighted by Gasteiger charge is 2.43. The Bertz CT molecular complexity index is 545. The number of piperidine rings is 1. The molecule has 1 saturated heterocycles. The minimum atomic E-state index is -0.811. The summed E-state index contributed by atoms with van der Waals surface area (Å²) in [6.45, 7) is 2.83. The van der Waals surface area contributed by atoms with Gasteiger partial charge in [-0.1, -0.05) is 19.4 Å². The molecular formula is C15H19BrN2O3. The van der Waals surface area contributed by atoms with Crippen LogP contribution in [0.1, 0.15) is 43.1 Å². The third-order valence-corrected chi connectivity index (χ3v) is 4.42. The largest absolute Gasteiger partial charge is 0.481 e. The first kappa shape index (κ1) is 15.9. The van der Waals surface area contributed by atoms with Crippen molar-refractivity contribution in [1.82, 2.24) is 9.88 Å². The van der Waals surface area contributed by atoms with Crippen LogP contribution in [0.5, 0.6) is 0 Å². The number of carboxylic acids is 1. The van der Waals surface area contributed by atoms with Crippen LogP contribution in [0.15, 0.2) is 22.8 Å². The summed E-state index contributed by atoms with van der Waals surface area (Å²) in [6, 6.07) is 5.17. The van der Waals surface area contributed by atoms with Crippen LogP contribution >= 0.6 is 15.9 Å². The molecule has 0 saturated carbocycles. The van der Waals surface area contributed by atoms with Gasteiger partial charge in [-0.3, -0.25) is 9.59 Å². The average molecular weight is 355 g/mol. The topological polar surface area (TPSA) is 70.5 Å². The molecule has 5 nitrogen and oxygen atoms in total. The number of nitrogens with zero attached hydrogens (tertiary/aromatic N) is 2. The van der Waals surface area contributed by atoms with Crippen molar-refractivity contribution in [3.63, 3.8) is 0 Å². The van der Waals surface area contributed by atoms with Gasteiger partial charge in [0.2, 0.25) is 0 Å². The lowest BCUT2D eigenvalue weighted by Gasteiger charge is -2.39. The summed E-state index contributed by atoms with van der Waals surface area (Å²) < 4.78 is 0.600. The predicted molar refractivity (Wildman–Crippen MR) is 82.1 cm³/mol. The van der Waals surface area contributed by atoms with Crippen molar-refractivity contribution in [2.75, 3.05) is 13.1 Å². The van der Waals surface area contributed by atoms with E-state index in [9.17, 15) is 14.7 Å². The van der Waals surface area contributed by atoms with Crippen molar-refractivity contribution < 1.29 is 14.7 Å². The molecule has 0 spiro atoms. The number of carboxylic acid groups (broad SMARTS) is 1. The van der Waals surface area contributed by atoms with Crippen molar-refractivity contribution in [2.45, 2.75) is 32.6 Å². The van der Waals surface area contributed by atoms with Crippen LogP contribution in [-0.2, 0) is 4.79 Å². The molecule has 2 rings (SSSR count). The van der Waals surface area contributed by atoms with Crippen LogP contribution in [0.2, 0.25) is 0 Å². The van der Waals surface area contributed by atoms with Gasteiger partial charge in [0.25, 0.3) is 5.91 Å². The Kier molecular flexibility index (Phi) is 4.98. The fourth-order valence-corrected chi connectivity index (χ4v) is 3.30. The van der Waals surface area contributed by atoms with E-state index in [2.05, 4.69) is 20.9 Å². The number of carbonyl (C=O) groups excluding carboxylic acids is 1. The maximum atomic E-state index is 12.5. The summed E-state index contributed by atoms with van der Waals surface area (Å²) in [5.41, 5.74) is -0.462. The molecule has 1 aromatic heterocycles. The molecule has 0 bridgehead atoms. The van der Waals surface area contributed by atoms with Crippen molar-refractivity contribution in [3.8, 4) is 0 Å². The Morgan fingerprint density at radius 2 is 2.24 bits per heavy atom. The fraction of sp³-hybridized carbons (Fsp3) is 0.533. The maximum absolute atomic E-state index is 12.5. The van der Waals surface area contributed by atoms with Crippen molar-refractivity contribution in [2.24, 2.45) is 5.41 Å². The second-order valence-corrected chi connectivity index (χ2v) is 6.32. The smallest absolute Gasteiger partial charge is 0.311 e. The minimum absolute atomic E-state index is 0.197. The summed E-state index contributed by atoms with van der Waals surface area (Å²) in [5.74, 6) is -0.998. The predicted octanol–water partition coefficient (Wildman–Crippen LogP) is 2.95. The third-order valence-electron chi connectivity index (χ3n) is 3.98. The molecule has 1 aromatic rings. The summed E-state index contributed by atoms with van der Waals surface area (Å²) in [4.78, 5) is 30.0. The van der Waals surface area contributed by atoms with E-state index in [1.165, 1.54) is 0 Å². The first-order valence-corrected chi connectivity index (χ1v) is 7.93. The van der Waals surface area contributed by atoms with E-state index in [1.807, 2.05) is 6.92 Å². The van der Waals surface area contributed by atoms with Gasteiger partial charge < -0.3 is 10.0 Å². The minimum Gasteiger partial charge on any atom is -0.481 e. The third kappa shape index (κ3) is 3.43. The first-order valence-electron chi connectivity index (χ1n) is 7.14. The number of aromatic nitrogens is 1. The van der Waals surface area contributed by atoms with Crippen LogP contribution < -0.4 is 0 Å². The molecule has 21 heavy (non-hydrogen) atoms. The molecule has 114 valence electrons. The molecule has 1 atom stereocenters. The summed E-state index contributed by atoms with van der Waals surface area (Å²) >= 11 is 3.25. The average Bonchev–Trinajstić information content (AvgIpc) is 2.47. The van der Waals surface area contributed by atoms with Crippen LogP contribution in [0.25, 0.3) is 0 Å². The quantitative estimate of drug-likeness (QED) is 0.843. The van der Waals surface area contributed by atoms with Crippen molar-refractivity contribution in [3.05, 3.63) is 28.5 Å². The van der Waals surface area contributed by atoms with E-state index >= 15 is 0 Å². The summed E-state index contributed by atoms with van der Waals surface area (Å²) in [5, 5.41) is 9.57. The number of rotatable bonds is 4. The zero-order chi connectivity index (χ0) is 15.5. The van der Waals surface area contributed by atoms with Gasteiger partial charge in [-0.2, -0.15) is 0 Å². The number of hydrogen-bond donors (Lipinski definition) is 1. The van der Waals surface area contributed by atoms with E-state index in [1.54, 1.807) is 23.1 Å². The summed E-state index contributed by atoms with van der Waals surface area (Å²) in [7, 11) is 0. The van der Waals surface area contributed by atoms with Gasteiger partial charge in [-0.15, -0.1) is 0 Å². The Labute approximate surface area is 132 Å². The number of pyridine rings is 1. The Balaban J connectivity index is 2.20. The van der Waals surface area contributed by atoms with E-state index < -0.39 is 11.4 Å². The van der Waals surface area contributed by atoms with E-state index in [4.69, 9.17) is 0 Å². The molecule has 1 N–H and O–H groups in total. The zero-order valence-corrected chi connectivity index (χ0v) is 13.6. The molecule has 0 aromatic carbocycles. The molecule has 6 heteroatoms. The van der Waals surface area contributed by atoms with E-state index in [0.29, 0.717) is 36.1 Å². The molecule has 2 heterocycles. The SMILES string of the molecule is CCCC1(C(=O)O)CCCN(C(=O)c2cccc(Br)n2)C1. The summed E-state index contributed by atoms with van der Waals surface area (Å²) in [6.07, 6.45) is 2.74. The number of carbonyl (C=O) groups is 2. The van der Waals surface area contributed by atoms with E-state index in [0.717, 1.165) is 6.42 Å². The molecule has 1 amide bonds. The van der Waals surface area contributed by atoms with Crippen LogP contribution in [0, 0.1) is 5.41 Å². The number of aliphatic carboxylic acids is 1. The molecule has 1 unspecified atom stereocenters. The highest BCUT2D eigenvalue weighted by Crippen LogP contribution is 2.35. The number of amides is 1. The normalized spacial score (nSPS) is 22.1. The van der Waals surface area contributed by atoms with Gasteiger partial charge in [0.15, 0.2) is 0 Å². The Morgan fingerprint density at radius 1 is 1.48 bits per heavy atom. The lowest BCUT2D eigenvalue weighted by Crippen LogP contribution is -2.50. The molecule has 0 aliphatic carbocycles. The van der Waals surface area contributed by atoms with Crippen LogP contribution in [-0.4, -0.2) is 40.0 Å². The van der Waals surface area contributed by atoms with Gasteiger partial charge in [-0.05, 0) is 47.3 Å². The van der Waals surface area contributed by atoms with E-state index in [-0.39, 0.29) is 12.5 Å². The lowest BCUT2D eigenvalue weighted by molar-refractivity contribution is -0.152. The van der Waals surface area contributed by atoms with Gasteiger partial charge in [0, 0.05) is 13.1 Å². The number of hydrogen-bond acceptors (Lipinski definition) is 3. The first-order chi connectivity index (χ1) is 9.98. The molecule has 1 aliphatic rings. The van der Waals surface area contributed by atoms with Gasteiger partial charge in [-0.25, -0.2) is 4.98 Å². The van der Waals surface area contributed by atoms with Gasteiger partial charge in [0.1, 0.15) is 10.3 Å². The number of halogens is 1. The monoisotopic (exact) mass is 354 g/mol.